The maximum Gasteiger partial charge on any atom is 0.250 e. The highest BCUT2D eigenvalue weighted by atomic mass is 79.9. The molecule has 0 spiro atoms. The number of nitrogen functional groups attached to an aromatic ring is 1. The number of sulfonamides is 1. The molecule has 0 saturated carbocycles. The second kappa shape index (κ2) is 5.58. The van der Waals surface area contributed by atoms with Crippen LogP contribution in [0.5, 0.6) is 0 Å². The molecule has 4 nitrogen and oxygen atoms in total. The monoisotopic (exact) mass is 364 g/mol. The van der Waals surface area contributed by atoms with Gasteiger partial charge < -0.3 is 5.73 Å². The number of nitrogens with one attached hydrogen (secondary N) is 1. The first kappa shape index (κ1) is 14.4. The summed E-state index contributed by atoms with van der Waals surface area (Å²) in [5.74, 6) is -0.461. The molecular formula is C11H10BrFN2O2S2. The van der Waals surface area contributed by atoms with Crippen LogP contribution >= 0.6 is 27.3 Å². The van der Waals surface area contributed by atoms with Gasteiger partial charge in [-0.05, 0) is 24.3 Å². The van der Waals surface area contributed by atoms with E-state index in [2.05, 4.69) is 20.7 Å². The van der Waals surface area contributed by atoms with Crippen molar-refractivity contribution in [3.63, 3.8) is 0 Å². The zero-order chi connectivity index (χ0) is 14.0. The van der Waals surface area contributed by atoms with Crippen LogP contribution in [-0.2, 0) is 16.6 Å². The first-order valence-corrected chi connectivity index (χ1v) is 8.32. The van der Waals surface area contributed by atoms with Gasteiger partial charge in [0.25, 0.3) is 0 Å². The lowest BCUT2D eigenvalue weighted by molar-refractivity contribution is 0.576. The molecular weight excluding hydrogens is 355 g/mol. The molecule has 2 rings (SSSR count). The molecule has 0 aliphatic heterocycles. The molecule has 0 amide bonds. The van der Waals surface area contributed by atoms with Crippen LogP contribution in [0.25, 0.3) is 0 Å². The SMILES string of the molecule is Nc1csc(S(=O)(=O)NCc2cc(Br)ccc2F)c1. The van der Waals surface area contributed by atoms with Crippen molar-refractivity contribution in [2.75, 3.05) is 5.73 Å². The van der Waals surface area contributed by atoms with Crippen LogP contribution in [0.1, 0.15) is 5.56 Å². The number of hydrogen-bond acceptors (Lipinski definition) is 4. The van der Waals surface area contributed by atoms with Crippen LogP contribution in [-0.4, -0.2) is 8.42 Å². The summed E-state index contributed by atoms with van der Waals surface area (Å²) in [4.78, 5) is 0. The van der Waals surface area contributed by atoms with Crippen molar-refractivity contribution in [2.45, 2.75) is 10.8 Å². The Morgan fingerprint density at radius 1 is 1.37 bits per heavy atom. The van der Waals surface area contributed by atoms with Gasteiger partial charge in [-0.1, -0.05) is 15.9 Å². The van der Waals surface area contributed by atoms with Crippen LogP contribution in [0.2, 0.25) is 0 Å². The van der Waals surface area contributed by atoms with Crippen LogP contribution in [0.4, 0.5) is 10.1 Å². The molecule has 0 aliphatic rings. The van der Waals surface area contributed by atoms with Crippen molar-refractivity contribution in [3.05, 3.63) is 45.5 Å². The molecule has 0 bridgehead atoms. The maximum atomic E-state index is 13.5. The minimum atomic E-state index is -3.66. The molecule has 0 radical (unpaired) electrons. The van der Waals surface area contributed by atoms with E-state index in [0.717, 1.165) is 11.3 Å². The predicted molar refractivity (Wildman–Crippen MR) is 76.9 cm³/mol. The molecule has 0 aliphatic carbocycles. The van der Waals surface area contributed by atoms with Crippen LogP contribution in [0.15, 0.2) is 38.3 Å². The van der Waals surface area contributed by atoms with Crippen molar-refractivity contribution in [2.24, 2.45) is 0 Å². The van der Waals surface area contributed by atoms with Crippen molar-refractivity contribution in [3.8, 4) is 0 Å². The molecule has 19 heavy (non-hydrogen) atoms. The van der Waals surface area contributed by atoms with Gasteiger partial charge in [0.1, 0.15) is 10.0 Å². The third-order valence-electron chi connectivity index (χ3n) is 2.32. The summed E-state index contributed by atoms with van der Waals surface area (Å²) < 4.78 is 40.5. The zero-order valence-electron chi connectivity index (χ0n) is 9.56. The average Bonchev–Trinajstić information content (AvgIpc) is 2.78. The van der Waals surface area contributed by atoms with Crippen molar-refractivity contribution in [1.82, 2.24) is 4.72 Å². The highest BCUT2D eigenvalue weighted by Crippen LogP contribution is 2.22. The van der Waals surface area contributed by atoms with Gasteiger partial charge in [0.15, 0.2) is 0 Å². The first-order valence-electron chi connectivity index (χ1n) is 5.16. The van der Waals surface area contributed by atoms with E-state index < -0.39 is 15.8 Å². The Morgan fingerprint density at radius 2 is 2.11 bits per heavy atom. The molecule has 8 heteroatoms. The van der Waals surface area contributed by atoms with Gasteiger partial charge in [-0.2, -0.15) is 0 Å². The van der Waals surface area contributed by atoms with Gasteiger partial charge in [-0.3, -0.25) is 0 Å². The molecule has 102 valence electrons. The van der Waals surface area contributed by atoms with Gasteiger partial charge >= 0.3 is 0 Å². The second-order valence-electron chi connectivity index (χ2n) is 3.76. The largest absolute Gasteiger partial charge is 0.398 e. The van der Waals surface area contributed by atoms with Crippen molar-refractivity contribution in [1.29, 1.82) is 0 Å². The molecule has 1 aromatic heterocycles. The predicted octanol–water partition coefficient (Wildman–Crippen LogP) is 2.71. The van der Waals surface area contributed by atoms with E-state index in [1.54, 1.807) is 6.07 Å². The maximum absolute atomic E-state index is 13.5. The van der Waals surface area contributed by atoms with Gasteiger partial charge in [0, 0.05) is 27.6 Å². The molecule has 3 N–H and O–H groups in total. The quantitative estimate of drug-likeness (QED) is 0.875. The van der Waals surface area contributed by atoms with Gasteiger partial charge in [-0.25, -0.2) is 17.5 Å². The summed E-state index contributed by atoms with van der Waals surface area (Å²) >= 11 is 4.23. The highest BCUT2D eigenvalue weighted by molar-refractivity contribution is 9.10. The fourth-order valence-corrected chi connectivity index (χ4v) is 3.93. The van der Waals surface area contributed by atoms with E-state index in [0.29, 0.717) is 10.2 Å². The molecule has 0 atom stereocenters. The van der Waals surface area contributed by atoms with Gasteiger partial charge in [-0.15, -0.1) is 11.3 Å². The molecule has 0 saturated heterocycles. The van der Waals surface area contributed by atoms with Gasteiger partial charge in [0.05, 0.1) is 0 Å². The Bertz CT molecular complexity index is 700. The fraction of sp³-hybridized carbons (Fsp3) is 0.0909. The molecule has 1 aromatic carbocycles. The number of hydrogen-bond donors (Lipinski definition) is 2. The Balaban J connectivity index is 2.16. The highest BCUT2D eigenvalue weighted by Gasteiger charge is 2.16. The van der Waals surface area contributed by atoms with E-state index in [4.69, 9.17) is 5.73 Å². The lowest BCUT2D eigenvalue weighted by atomic mass is 10.2. The molecule has 2 aromatic rings. The number of rotatable bonds is 4. The zero-order valence-corrected chi connectivity index (χ0v) is 12.8. The second-order valence-corrected chi connectivity index (χ2v) is 7.58. The summed E-state index contributed by atoms with van der Waals surface area (Å²) in [6.45, 7) is -0.120. The van der Waals surface area contributed by atoms with Crippen molar-refractivity contribution < 1.29 is 12.8 Å². The Morgan fingerprint density at radius 3 is 2.74 bits per heavy atom. The van der Waals surface area contributed by atoms with Crippen LogP contribution < -0.4 is 10.5 Å². The molecule has 0 fully saturated rings. The summed E-state index contributed by atoms with van der Waals surface area (Å²) in [6, 6.07) is 5.72. The minimum Gasteiger partial charge on any atom is -0.398 e. The first-order chi connectivity index (χ1) is 8.88. The molecule has 0 unspecified atom stereocenters. The van der Waals surface area contributed by atoms with E-state index in [-0.39, 0.29) is 16.3 Å². The number of anilines is 1. The number of nitrogens with two attached hydrogens (primary N) is 1. The summed E-state index contributed by atoms with van der Waals surface area (Å²) in [5.41, 5.74) is 6.13. The lowest BCUT2D eigenvalue weighted by Crippen LogP contribution is -2.22. The minimum absolute atomic E-state index is 0.111. The Labute approximate surface area is 122 Å². The topological polar surface area (TPSA) is 72.2 Å². The van der Waals surface area contributed by atoms with Gasteiger partial charge in [0.2, 0.25) is 10.0 Å². The molecule has 1 heterocycles. The fourth-order valence-electron chi connectivity index (χ4n) is 1.39. The standard InChI is InChI=1S/C11H10BrFN2O2S2/c12-8-1-2-10(13)7(3-8)5-15-19(16,17)11-4-9(14)6-18-11/h1-4,6,15H,5,14H2. The van der Waals surface area contributed by atoms with E-state index in [9.17, 15) is 12.8 Å². The average molecular weight is 365 g/mol. The summed E-state index contributed by atoms with van der Waals surface area (Å²) in [7, 11) is -3.66. The normalized spacial score (nSPS) is 11.7. The van der Waals surface area contributed by atoms with Crippen molar-refractivity contribution >= 4 is 43.0 Å². The Kier molecular flexibility index (Phi) is 4.24. The van der Waals surface area contributed by atoms with E-state index >= 15 is 0 Å². The lowest BCUT2D eigenvalue weighted by Gasteiger charge is -2.06. The van der Waals surface area contributed by atoms with E-state index in [1.807, 2.05) is 0 Å². The Hall–Kier alpha value is -0.960. The van der Waals surface area contributed by atoms with E-state index in [1.165, 1.54) is 23.6 Å². The smallest absolute Gasteiger partial charge is 0.250 e. The third-order valence-corrected chi connectivity index (χ3v) is 5.67. The third kappa shape index (κ3) is 3.53. The number of thiophene rings is 1. The summed E-state index contributed by atoms with van der Waals surface area (Å²) in [5, 5.41) is 1.54. The number of benzene rings is 1. The van der Waals surface area contributed by atoms with Crippen LogP contribution in [0, 0.1) is 5.82 Å². The summed E-state index contributed by atoms with van der Waals surface area (Å²) in [6.07, 6.45) is 0. The number of halogens is 2. The van der Waals surface area contributed by atoms with Crippen LogP contribution in [0.3, 0.4) is 0 Å².